The zero-order chi connectivity index (χ0) is 12.5. The van der Waals surface area contributed by atoms with Gasteiger partial charge >= 0.3 is 0 Å². The summed E-state index contributed by atoms with van der Waals surface area (Å²) in [5.74, 6) is 0.481. The lowest BCUT2D eigenvalue weighted by atomic mass is 9.93. The summed E-state index contributed by atoms with van der Waals surface area (Å²) in [4.78, 5) is 13.8. The molecule has 0 saturated carbocycles. The van der Waals surface area contributed by atoms with Gasteiger partial charge in [0.05, 0.1) is 18.7 Å². The Hall–Kier alpha value is -2.11. The molecule has 1 amide bonds. The fourth-order valence-electron chi connectivity index (χ4n) is 2.21. The average molecular weight is 246 g/mol. The Kier molecular flexibility index (Phi) is 2.62. The van der Waals surface area contributed by atoms with E-state index in [4.69, 9.17) is 4.42 Å². The molecule has 3 rings (SSSR count). The van der Waals surface area contributed by atoms with E-state index < -0.39 is 0 Å². The maximum Gasteiger partial charge on any atom is 0.276 e. The van der Waals surface area contributed by atoms with Crippen molar-refractivity contribution in [2.24, 2.45) is 13.0 Å². The fourth-order valence-corrected chi connectivity index (χ4v) is 2.21. The third kappa shape index (κ3) is 2.01. The predicted molar refractivity (Wildman–Crippen MR) is 62.8 cm³/mol. The molecule has 1 saturated heterocycles. The number of likely N-dealkylation sites (tertiary alicyclic amines) is 1. The number of carbonyl (C=O) groups excluding carboxylic acids is 1. The lowest BCUT2D eigenvalue weighted by molar-refractivity contribution is 0.0495. The van der Waals surface area contributed by atoms with Crippen LogP contribution in [0.1, 0.15) is 16.1 Å². The van der Waals surface area contributed by atoms with E-state index in [1.165, 1.54) is 10.2 Å². The predicted octanol–water partition coefficient (Wildman–Crippen LogP) is 0.723. The van der Waals surface area contributed by atoms with Crippen LogP contribution >= 0.6 is 0 Å². The molecule has 0 atom stereocenters. The smallest absolute Gasteiger partial charge is 0.276 e. The van der Waals surface area contributed by atoms with Crippen molar-refractivity contribution in [3.8, 4) is 0 Å². The zero-order valence-corrected chi connectivity index (χ0v) is 10.1. The van der Waals surface area contributed by atoms with Gasteiger partial charge in [-0.25, -0.2) is 0 Å². The zero-order valence-electron chi connectivity index (χ0n) is 10.1. The lowest BCUT2D eigenvalue weighted by Crippen LogP contribution is -2.50. The van der Waals surface area contributed by atoms with Gasteiger partial charge in [0.1, 0.15) is 0 Å². The fraction of sp³-hybridized carbons (Fsp3) is 0.417. The molecule has 6 nitrogen and oxygen atoms in total. The Morgan fingerprint density at radius 3 is 3.00 bits per heavy atom. The van der Waals surface area contributed by atoms with E-state index in [0.29, 0.717) is 11.6 Å². The molecule has 1 fully saturated rings. The van der Waals surface area contributed by atoms with Crippen molar-refractivity contribution in [2.45, 2.75) is 6.42 Å². The van der Waals surface area contributed by atoms with E-state index in [1.807, 2.05) is 6.07 Å². The first kappa shape index (κ1) is 11.0. The summed E-state index contributed by atoms with van der Waals surface area (Å²) in [5, 5.41) is 7.59. The second-order valence-corrected chi connectivity index (χ2v) is 4.69. The number of nitrogens with zero attached hydrogens (tertiary/aromatic N) is 4. The van der Waals surface area contributed by atoms with Crippen LogP contribution in [0.5, 0.6) is 0 Å². The number of rotatable bonds is 3. The molecule has 6 heteroatoms. The molecular formula is C12H14N4O2. The molecular weight excluding hydrogens is 232 g/mol. The third-order valence-corrected chi connectivity index (χ3v) is 3.17. The standard InChI is InChI=1S/C12H14N4O2/c1-15-7-11(13-14-15)12(17)16-5-10(6-16)4-9-2-3-18-8-9/h2-3,7-8,10H,4-6H2,1H3. The number of carbonyl (C=O) groups is 1. The summed E-state index contributed by atoms with van der Waals surface area (Å²) in [7, 11) is 1.75. The van der Waals surface area contributed by atoms with E-state index in [1.54, 1.807) is 30.7 Å². The molecule has 0 radical (unpaired) electrons. The van der Waals surface area contributed by atoms with Crippen molar-refractivity contribution in [2.75, 3.05) is 13.1 Å². The van der Waals surface area contributed by atoms with Gasteiger partial charge in [0, 0.05) is 20.1 Å². The van der Waals surface area contributed by atoms with E-state index in [2.05, 4.69) is 10.3 Å². The summed E-state index contributed by atoms with van der Waals surface area (Å²) >= 11 is 0. The van der Waals surface area contributed by atoms with Crippen LogP contribution < -0.4 is 0 Å². The normalized spacial score (nSPS) is 15.7. The first-order valence-electron chi connectivity index (χ1n) is 5.89. The van der Waals surface area contributed by atoms with Gasteiger partial charge in [0.15, 0.2) is 5.69 Å². The Labute approximate surface area is 104 Å². The van der Waals surface area contributed by atoms with Crippen LogP contribution in [0.25, 0.3) is 0 Å². The van der Waals surface area contributed by atoms with Gasteiger partial charge < -0.3 is 9.32 Å². The van der Waals surface area contributed by atoms with Crippen molar-refractivity contribution < 1.29 is 9.21 Å². The Morgan fingerprint density at radius 2 is 2.39 bits per heavy atom. The molecule has 2 aromatic rings. The topological polar surface area (TPSA) is 64.2 Å². The highest BCUT2D eigenvalue weighted by atomic mass is 16.3. The first-order valence-corrected chi connectivity index (χ1v) is 5.89. The second-order valence-electron chi connectivity index (χ2n) is 4.69. The molecule has 0 bridgehead atoms. The van der Waals surface area contributed by atoms with Crippen molar-refractivity contribution in [1.82, 2.24) is 19.9 Å². The van der Waals surface area contributed by atoms with Gasteiger partial charge in [0.25, 0.3) is 5.91 Å². The minimum atomic E-state index is -0.0356. The van der Waals surface area contributed by atoms with Gasteiger partial charge in [-0.3, -0.25) is 9.48 Å². The van der Waals surface area contributed by atoms with E-state index in [9.17, 15) is 4.79 Å². The minimum Gasteiger partial charge on any atom is -0.472 e. The summed E-state index contributed by atoms with van der Waals surface area (Å²) in [6.07, 6.45) is 6.04. The number of amides is 1. The Balaban J connectivity index is 1.54. The molecule has 3 heterocycles. The van der Waals surface area contributed by atoms with Gasteiger partial charge in [-0.15, -0.1) is 5.10 Å². The number of aryl methyl sites for hydroxylation is 1. The first-order chi connectivity index (χ1) is 8.72. The summed E-state index contributed by atoms with van der Waals surface area (Å²) in [6.45, 7) is 1.56. The largest absolute Gasteiger partial charge is 0.472 e. The van der Waals surface area contributed by atoms with Crippen LogP contribution in [0.4, 0.5) is 0 Å². The number of aromatic nitrogens is 3. The SMILES string of the molecule is Cn1cc(C(=O)N2CC(Cc3ccoc3)C2)nn1. The molecule has 0 aromatic carbocycles. The Morgan fingerprint density at radius 1 is 1.56 bits per heavy atom. The van der Waals surface area contributed by atoms with Crippen LogP contribution in [0.15, 0.2) is 29.2 Å². The van der Waals surface area contributed by atoms with E-state index in [0.717, 1.165) is 19.5 Å². The Bertz CT molecular complexity index is 540. The molecule has 18 heavy (non-hydrogen) atoms. The highest BCUT2D eigenvalue weighted by Gasteiger charge is 2.32. The van der Waals surface area contributed by atoms with Crippen molar-refractivity contribution in [3.63, 3.8) is 0 Å². The quantitative estimate of drug-likeness (QED) is 0.800. The molecule has 0 N–H and O–H groups in total. The number of hydrogen-bond acceptors (Lipinski definition) is 4. The maximum atomic E-state index is 12.0. The van der Waals surface area contributed by atoms with E-state index in [-0.39, 0.29) is 5.91 Å². The molecule has 0 spiro atoms. The molecule has 2 aromatic heterocycles. The minimum absolute atomic E-state index is 0.0356. The molecule has 1 aliphatic rings. The molecule has 1 aliphatic heterocycles. The van der Waals surface area contributed by atoms with Crippen LogP contribution in [0, 0.1) is 5.92 Å². The monoisotopic (exact) mass is 246 g/mol. The summed E-state index contributed by atoms with van der Waals surface area (Å²) < 4.78 is 6.57. The van der Waals surface area contributed by atoms with Gasteiger partial charge in [-0.1, -0.05) is 5.21 Å². The second kappa shape index (κ2) is 4.29. The summed E-state index contributed by atoms with van der Waals surface area (Å²) in [6, 6.07) is 1.97. The van der Waals surface area contributed by atoms with Crippen LogP contribution in [0.3, 0.4) is 0 Å². The average Bonchev–Trinajstić information content (AvgIpc) is 2.93. The van der Waals surface area contributed by atoms with Crippen LogP contribution in [-0.4, -0.2) is 38.9 Å². The highest BCUT2D eigenvalue weighted by Crippen LogP contribution is 2.22. The molecule has 0 unspecified atom stereocenters. The van der Waals surface area contributed by atoms with Crippen molar-refractivity contribution in [1.29, 1.82) is 0 Å². The third-order valence-electron chi connectivity index (χ3n) is 3.17. The highest BCUT2D eigenvalue weighted by molar-refractivity contribution is 5.92. The number of furan rings is 1. The van der Waals surface area contributed by atoms with Crippen molar-refractivity contribution in [3.05, 3.63) is 36.0 Å². The maximum absolute atomic E-state index is 12.0. The van der Waals surface area contributed by atoms with Gasteiger partial charge in [-0.2, -0.15) is 0 Å². The van der Waals surface area contributed by atoms with Gasteiger partial charge in [0.2, 0.25) is 0 Å². The van der Waals surface area contributed by atoms with Crippen LogP contribution in [0.2, 0.25) is 0 Å². The van der Waals surface area contributed by atoms with Gasteiger partial charge in [-0.05, 0) is 24.0 Å². The molecule has 94 valence electrons. The molecule has 0 aliphatic carbocycles. The number of hydrogen-bond donors (Lipinski definition) is 0. The van der Waals surface area contributed by atoms with Crippen LogP contribution in [-0.2, 0) is 13.5 Å². The van der Waals surface area contributed by atoms with Crippen molar-refractivity contribution >= 4 is 5.91 Å². The van der Waals surface area contributed by atoms with E-state index >= 15 is 0 Å². The lowest BCUT2D eigenvalue weighted by Gasteiger charge is -2.38. The summed E-state index contributed by atoms with van der Waals surface area (Å²) in [5.41, 5.74) is 1.60.